The molecule has 3 heteroatoms. The number of hydrogen-bond acceptors (Lipinski definition) is 2. The van der Waals surface area contributed by atoms with E-state index in [1.807, 2.05) is 12.1 Å². The smallest absolute Gasteiger partial charge is 0.141 e. The first kappa shape index (κ1) is 8.89. The van der Waals surface area contributed by atoms with Crippen molar-refractivity contribution in [3.05, 3.63) is 28.8 Å². The summed E-state index contributed by atoms with van der Waals surface area (Å²) in [5.41, 5.74) is 0.826. The molecule has 0 saturated carbocycles. The first-order valence-corrected chi connectivity index (χ1v) is 3.85. The maximum absolute atomic E-state index is 8.48. The first-order chi connectivity index (χ1) is 5.79. The number of benzene rings is 1. The van der Waals surface area contributed by atoms with Gasteiger partial charge in [-0.15, -0.1) is 0 Å². The zero-order valence-electron chi connectivity index (χ0n) is 6.67. The van der Waals surface area contributed by atoms with Crippen LogP contribution in [-0.2, 0) is 6.42 Å². The Balaban J connectivity index is 3.11. The second-order valence-electron chi connectivity index (χ2n) is 2.27. The van der Waals surface area contributed by atoms with Gasteiger partial charge in [-0.3, -0.25) is 0 Å². The molecule has 1 aromatic rings. The quantitative estimate of drug-likeness (QED) is 0.702. The Morgan fingerprint density at radius 1 is 1.58 bits per heavy atom. The van der Waals surface area contributed by atoms with Crippen molar-refractivity contribution >= 4 is 11.6 Å². The van der Waals surface area contributed by atoms with Gasteiger partial charge in [-0.25, -0.2) is 0 Å². The third-order valence-corrected chi connectivity index (χ3v) is 1.82. The van der Waals surface area contributed by atoms with E-state index in [1.165, 1.54) is 0 Å². The van der Waals surface area contributed by atoms with Crippen molar-refractivity contribution in [2.45, 2.75) is 6.42 Å². The molecule has 2 nitrogen and oxygen atoms in total. The standard InChI is InChI=1S/C9H8ClNO/c1-12-9-7(5-6-11)3-2-4-8(9)10/h2-4H,5H2,1H3. The lowest BCUT2D eigenvalue weighted by atomic mass is 10.1. The van der Waals surface area contributed by atoms with Gasteiger partial charge >= 0.3 is 0 Å². The van der Waals surface area contributed by atoms with Gasteiger partial charge in [0.25, 0.3) is 0 Å². The fraction of sp³-hybridized carbons (Fsp3) is 0.222. The molecule has 0 spiro atoms. The lowest BCUT2D eigenvalue weighted by Gasteiger charge is -2.06. The molecule has 0 aliphatic carbocycles. The Morgan fingerprint density at radius 2 is 2.33 bits per heavy atom. The van der Waals surface area contributed by atoms with E-state index in [0.717, 1.165) is 5.56 Å². The summed E-state index contributed by atoms with van der Waals surface area (Å²) in [5.74, 6) is 0.598. The number of halogens is 1. The van der Waals surface area contributed by atoms with Crippen LogP contribution in [0.4, 0.5) is 0 Å². The molecule has 0 fully saturated rings. The van der Waals surface area contributed by atoms with Crippen LogP contribution in [0, 0.1) is 11.3 Å². The number of nitrogens with zero attached hydrogens (tertiary/aromatic N) is 1. The zero-order chi connectivity index (χ0) is 8.97. The highest BCUT2D eigenvalue weighted by molar-refractivity contribution is 6.32. The summed E-state index contributed by atoms with van der Waals surface area (Å²) in [4.78, 5) is 0. The minimum atomic E-state index is 0.323. The molecule has 0 aliphatic heterocycles. The van der Waals surface area contributed by atoms with Crippen LogP contribution in [-0.4, -0.2) is 7.11 Å². The van der Waals surface area contributed by atoms with E-state index >= 15 is 0 Å². The van der Waals surface area contributed by atoms with Crippen molar-refractivity contribution in [1.82, 2.24) is 0 Å². The second-order valence-corrected chi connectivity index (χ2v) is 2.67. The molecule has 0 N–H and O–H groups in total. The van der Waals surface area contributed by atoms with Crippen LogP contribution >= 0.6 is 11.6 Å². The van der Waals surface area contributed by atoms with Gasteiger partial charge in [0, 0.05) is 5.56 Å². The van der Waals surface area contributed by atoms with Crippen molar-refractivity contribution in [3.63, 3.8) is 0 Å². The van der Waals surface area contributed by atoms with Crippen LogP contribution in [0.5, 0.6) is 5.75 Å². The average molecular weight is 182 g/mol. The predicted molar refractivity (Wildman–Crippen MR) is 47.3 cm³/mol. The summed E-state index contributed by atoms with van der Waals surface area (Å²) < 4.78 is 5.05. The first-order valence-electron chi connectivity index (χ1n) is 3.48. The van der Waals surface area contributed by atoms with E-state index in [-0.39, 0.29) is 0 Å². The van der Waals surface area contributed by atoms with Gasteiger partial charge in [0.2, 0.25) is 0 Å². The van der Waals surface area contributed by atoms with E-state index in [0.29, 0.717) is 17.2 Å². The molecule has 0 bridgehead atoms. The molecule has 1 rings (SSSR count). The van der Waals surface area contributed by atoms with Crippen LogP contribution in [0.1, 0.15) is 5.56 Å². The lowest BCUT2D eigenvalue weighted by molar-refractivity contribution is 0.411. The molecular weight excluding hydrogens is 174 g/mol. The monoisotopic (exact) mass is 181 g/mol. The minimum Gasteiger partial charge on any atom is -0.495 e. The molecule has 0 saturated heterocycles. The fourth-order valence-electron chi connectivity index (χ4n) is 1.01. The predicted octanol–water partition coefficient (Wildman–Crippen LogP) is 2.41. The molecule has 1 aromatic carbocycles. The summed E-state index contributed by atoms with van der Waals surface area (Å²) in [7, 11) is 1.54. The Hall–Kier alpha value is -1.20. The van der Waals surface area contributed by atoms with Crippen LogP contribution in [0.3, 0.4) is 0 Å². The average Bonchev–Trinajstić information content (AvgIpc) is 2.05. The van der Waals surface area contributed by atoms with E-state index in [9.17, 15) is 0 Å². The lowest BCUT2D eigenvalue weighted by Crippen LogP contribution is -1.91. The molecule has 0 unspecified atom stereocenters. The Morgan fingerprint density at radius 3 is 2.92 bits per heavy atom. The molecular formula is C9H8ClNO. The van der Waals surface area contributed by atoms with Gasteiger partial charge < -0.3 is 4.74 Å². The summed E-state index contributed by atoms with van der Waals surface area (Å²) in [6.07, 6.45) is 0.323. The van der Waals surface area contributed by atoms with Gasteiger partial charge in [0.1, 0.15) is 5.75 Å². The largest absolute Gasteiger partial charge is 0.495 e. The molecule has 0 heterocycles. The molecule has 0 atom stereocenters. The van der Waals surface area contributed by atoms with Crippen LogP contribution in [0.2, 0.25) is 5.02 Å². The third kappa shape index (κ3) is 1.69. The Kier molecular flexibility index (Phi) is 2.95. The summed E-state index contributed by atoms with van der Waals surface area (Å²) in [6.45, 7) is 0. The zero-order valence-corrected chi connectivity index (χ0v) is 7.43. The molecule has 0 aliphatic rings. The van der Waals surface area contributed by atoms with Crippen molar-refractivity contribution in [2.24, 2.45) is 0 Å². The van der Waals surface area contributed by atoms with E-state index < -0.39 is 0 Å². The second kappa shape index (κ2) is 3.99. The third-order valence-electron chi connectivity index (χ3n) is 1.52. The maximum atomic E-state index is 8.48. The number of hydrogen-bond donors (Lipinski definition) is 0. The Bertz CT molecular complexity index is 317. The minimum absolute atomic E-state index is 0.323. The number of methoxy groups -OCH3 is 1. The number of ether oxygens (including phenoxy) is 1. The van der Waals surface area contributed by atoms with Crippen molar-refractivity contribution < 1.29 is 4.74 Å². The number of rotatable bonds is 2. The highest BCUT2D eigenvalue weighted by Crippen LogP contribution is 2.28. The van der Waals surface area contributed by atoms with E-state index in [4.69, 9.17) is 21.6 Å². The molecule has 0 amide bonds. The summed E-state index contributed by atoms with van der Waals surface area (Å²) >= 11 is 5.83. The number of para-hydroxylation sites is 1. The SMILES string of the molecule is COc1c(Cl)cccc1CC#N. The topological polar surface area (TPSA) is 33.0 Å². The van der Waals surface area contributed by atoms with Gasteiger partial charge in [-0.1, -0.05) is 23.7 Å². The molecule has 0 aromatic heterocycles. The van der Waals surface area contributed by atoms with Crippen LogP contribution < -0.4 is 4.74 Å². The normalized spacial score (nSPS) is 9.08. The van der Waals surface area contributed by atoms with Crippen LogP contribution in [0.15, 0.2) is 18.2 Å². The summed E-state index contributed by atoms with van der Waals surface area (Å²) in [6, 6.07) is 7.42. The van der Waals surface area contributed by atoms with E-state index in [1.54, 1.807) is 19.2 Å². The van der Waals surface area contributed by atoms with Gasteiger partial charge in [0.05, 0.1) is 24.6 Å². The van der Waals surface area contributed by atoms with E-state index in [2.05, 4.69) is 0 Å². The molecule has 62 valence electrons. The number of nitriles is 1. The van der Waals surface area contributed by atoms with Gasteiger partial charge in [-0.2, -0.15) is 5.26 Å². The van der Waals surface area contributed by atoms with Crippen LogP contribution in [0.25, 0.3) is 0 Å². The van der Waals surface area contributed by atoms with Gasteiger partial charge in [-0.05, 0) is 6.07 Å². The van der Waals surface area contributed by atoms with Crippen molar-refractivity contribution in [1.29, 1.82) is 5.26 Å². The van der Waals surface area contributed by atoms with Crippen molar-refractivity contribution in [3.8, 4) is 11.8 Å². The Labute approximate surface area is 76.3 Å². The van der Waals surface area contributed by atoms with Crippen molar-refractivity contribution in [2.75, 3.05) is 7.11 Å². The highest BCUT2D eigenvalue weighted by Gasteiger charge is 2.05. The highest BCUT2D eigenvalue weighted by atomic mass is 35.5. The van der Waals surface area contributed by atoms with Gasteiger partial charge in [0.15, 0.2) is 0 Å². The fourth-order valence-corrected chi connectivity index (χ4v) is 1.28. The maximum Gasteiger partial charge on any atom is 0.141 e. The molecule has 0 radical (unpaired) electrons. The summed E-state index contributed by atoms with van der Waals surface area (Å²) in [5, 5.41) is 9.03. The molecule has 12 heavy (non-hydrogen) atoms.